The lowest BCUT2D eigenvalue weighted by Crippen LogP contribution is -2.42. The molecule has 1 aromatic rings. The summed E-state index contributed by atoms with van der Waals surface area (Å²) in [5.41, 5.74) is -0.531. The third kappa shape index (κ3) is 3.90. The van der Waals surface area contributed by atoms with E-state index in [1.165, 1.54) is 24.2 Å². The van der Waals surface area contributed by atoms with Crippen LogP contribution in [0, 0.1) is 0 Å². The molecule has 1 heterocycles. The van der Waals surface area contributed by atoms with E-state index in [9.17, 15) is 22.8 Å². The molecule has 0 aliphatic carbocycles. The number of benzene rings is 1. The van der Waals surface area contributed by atoms with E-state index in [-0.39, 0.29) is 30.0 Å². The summed E-state index contributed by atoms with van der Waals surface area (Å²) in [5, 5.41) is 0. The van der Waals surface area contributed by atoms with Gasteiger partial charge in [-0.1, -0.05) is 6.92 Å². The van der Waals surface area contributed by atoms with Crippen molar-refractivity contribution < 1.29 is 32.2 Å². The lowest BCUT2D eigenvalue weighted by Gasteiger charge is -2.35. The molecule has 5 nitrogen and oxygen atoms in total. The Bertz CT molecular complexity index is 728. The number of Topliss-reactive ketones (excluding diaryl/α,β-unsaturated/α-hetero) is 1. The normalized spacial score (nSPS) is 16.8. The van der Waals surface area contributed by atoms with Crippen LogP contribution in [-0.4, -0.2) is 38.2 Å². The van der Waals surface area contributed by atoms with Crippen molar-refractivity contribution in [2.45, 2.75) is 32.5 Å². The van der Waals surface area contributed by atoms with Crippen LogP contribution in [0.5, 0.6) is 0 Å². The standard InChI is InChI=1S/C18H20F3NO4/c1-4-12-9-14(16(23)10-25-3)13-8-11(18(19,20)21)6-7-15(13)22(12)17(24)26-5-2/h6-9,12H,4-5,10H2,1-3H3. The van der Waals surface area contributed by atoms with Gasteiger partial charge in [0.15, 0.2) is 5.78 Å². The molecule has 1 atom stereocenters. The average Bonchev–Trinajstić information content (AvgIpc) is 2.59. The summed E-state index contributed by atoms with van der Waals surface area (Å²) >= 11 is 0. The van der Waals surface area contributed by atoms with Crippen molar-refractivity contribution in [1.29, 1.82) is 0 Å². The van der Waals surface area contributed by atoms with Crippen LogP contribution in [-0.2, 0) is 20.4 Å². The predicted molar refractivity (Wildman–Crippen MR) is 89.9 cm³/mol. The molecule has 0 saturated carbocycles. The number of amides is 1. The Kier molecular flexibility index (Phi) is 6.07. The van der Waals surface area contributed by atoms with E-state index in [0.717, 1.165) is 12.1 Å². The van der Waals surface area contributed by atoms with Gasteiger partial charge in [-0.05, 0) is 37.6 Å². The van der Waals surface area contributed by atoms with Crippen LogP contribution in [0.1, 0.15) is 31.4 Å². The molecule has 8 heteroatoms. The molecule has 1 aliphatic rings. The van der Waals surface area contributed by atoms with Crippen molar-refractivity contribution >= 4 is 23.1 Å². The summed E-state index contributed by atoms with van der Waals surface area (Å²) in [4.78, 5) is 26.0. The molecule has 0 aromatic heterocycles. The molecule has 0 spiro atoms. The van der Waals surface area contributed by atoms with Crippen molar-refractivity contribution in [1.82, 2.24) is 0 Å². The third-order valence-corrected chi connectivity index (χ3v) is 4.02. The fraction of sp³-hybridized carbons (Fsp3) is 0.444. The number of anilines is 1. The number of ether oxygens (including phenoxy) is 2. The first kappa shape index (κ1) is 20.0. The lowest BCUT2D eigenvalue weighted by atomic mass is 9.90. The molecular formula is C18H20F3NO4. The SMILES string of the molecule is CCOC(=O)N1c2ccc(C(F)(F)F)cc2C(C(=O)COC)=CC1CC. The minimum Gasteiger partial charge on any atom is -0.449 e. The number of carbonyl (C=O) groups is 2. The molecule has 1 aliphatic heterocycles. The van der Waals surface area contributed by atoms with Crippen molar-refractivity contribution in [2.24, 2.45) is 0 Å². The maximum atomic E-state index is 13.1. The fourth-order valence-corrected chi connectivity index (χ4v) is 2.85. The topological polar surface area (TPSA) is 55.8 Å². The van der Waals surface area contributed by atoms with Crippen LogP contribution in [0.25, 0.3) is 5.57 Å². The van der Waals surface area contributed by atoms with E-state index < -0.39 is 29.7 Å². The number of ketones is 1. The van der Waals surface area contributed by atoms with Gasteiger partial charge in [0.1, 0.15) is 6.61 Å². The van der Waals surface area contributed by atoms with Gasteiger partial charge in [0, 0.05) is 18.2 Å². The van der Waals surface area contributed by atoms with Crippen LogP contribution in [0.15, 0.2) is 24.3 Å². The van der Waals surface area contributed by atoms with Crippen LogP contribution in [0.2, 0.25) is 0 Å². The summed E-state index contributed by atoms with van der Waals surface area (Å²) in [7, 11) is 1.33. The molecule has 0 radical (unpaired) electrons. The summed E-state index contributed by atoms with van der Waals surface area (Å²) in [6.07, 6.45) is -3.28. The number of rotatable bonds is 5. The van der Waals surface area contributed by atoms with E-state index in [2.05, 4.69) is 0 Å². The number of hydrogen-bond donors (Lipinski definition) is 0. The lowest BCUT2D eigenvalue weighted by molar-refractivity contribution is -0.137. The first-order valence-electron chi connectivity index (χ1n) is 8.16. The summed E-state index contributed by atoms with van der Waals surface area (Å²) in [5.74, 6) is -0.449. The maximum Gasteiger partial charge on any atom is 0.416 e. The molecule has 26 heavy (non-hydrogen) atoms. The van der Waals surface area contributed by atoms with Crippen LogP contribution < -0.4 is 4.90 Å². The molecule has 1 unspecified atom stereocenters. The highest BCUT2D eigenvalue weighted by atomic mass is 19.4. The Hall–Kier alpha value is -2.35. The second-order valence-electron chi connectivity index (χ2n) is 5.71. The van der Waals surface area contributed by atoms with Crippen LogP contribution >= 0.6 is 0 Å². The first-order valence-corrected chi connectivity index (χ1v) is 8.16. The van der Waals surface area contributed by atoms with Gasteiger partial charge in [-0.25, -0.2) is 4.79 Å². The predicted octanol–water partition coefficient (Wildman–Crippen LogP) is 4.06. The number of fused-ring (bicyclic) bond motifs is 1. The van der Waals surface area contributed by atoms with Crippen LogP contribution in [0.3, 0.4) is 0 Å². The van der Waals surface area contributed by atoms with E-state index in [0.29, 0.717) is 6.42 Å². The number of carbonyl (C=O) groups excluding carboxylic acids is 2. The molecule has 1 aromatic carbocycles. The Morgan fingerprint density at radius 2 is 1.92 bits per heavy atom. The van der Waals surface area contributed by atoms with Gasteiger partial charge in [-0.3, -0.25) is 9.69 Å². The number of hydrogen-bond acceptors (Lipinski definition) is 4. The van der Waals surface area contributed by atoms with Gasteiger partial charge < -0.3 is 9.47 Å². The zero-order valence-corrected chi connectivity index (χ0v) is 14.7. The monoisotopic (exact) mass is 371 g/mol. The Balaban J connectivity index is 2.64. The van der Waals surface area contributed by atoms with Crippen molar-refractivity contribution in [2.75, 3.05) is 25.2 Å². The zero-order valence-electron chi connectivity index (χ0n) is 14.7. The van der Waals surface area contributed by atoms with E-state index >= 15 is 0 Å². The van der Waals surface area contributed by atoms with Gasteiger partial charge in [-0.2, -0.15) is 13.2 Å². The van der Waals surface area contributed by atoms with Crippen molar-refractivity contribution in [3.63, 3.8) is 0 Å². The van der Waals surface area contributed by atoms with Crippen molar-refractivity contribution in [3.05, 3.63) is 35.4 Å². The highest BCUT2D eigenvalue weighted by Gasteiger charge is 2.37. The number of nitrogens with zero attached hydrogens (tertiary/aromatic N) is 1. The van der Waals surface area contributed by atoms with Gasteiger partial charge >= 0.3 is 12.3 Å². The van der Waals surface area contributed by atoms with Gasteiger partial charge in [0.2, 0.25) is 0 Å². The highest BCUT2D eigenvalue weighted by molar-refractivity contribution is 6.24. The Morgan fingerprint density at radius 3 is 2.46 bits per heavy atom. The summed E-state index contributed by atoms with van der Waals surface area (Å²) in [6.45, 7) is 3.30. The Morgan fingerprint density at radius 1 is 1.23 bits per heavy atom. The zero-order chi connectivity index (χ0) is 19.5. The molecule has 2 rings (SSSR count). The second kappa shape index (κ2) is 7.90. The molecule has 0 bridgehead atoms. The highest BCUT2D eigenvalue weighted by Crippen LogP contribution is 2.40. The maximum absolute atomic E-state index is 13.1. The molecule has 0 saturated heterocycles. The molecule has 0 fully saturated rings. The largest absolute Gasteiger partial charge is 0.449 e. The van der Waals surface area contributed by atoms with E-state index in [1.807, 2.05) is 0 Å². The minimum absolute atomic E-state index is 0.0413. The molecular weight excluding hydrogens is 351 g/mol. The molecule has 0 N–H and O–H groups in total. The summed E-state index contributed by atoms with van der Waals surface area (Å²) in [6, 6.07) is 2.47. The fourth-order valence-electron chi connectivity index (χ4n) is 2.85. The van der Waals surface area contributed by atoms with Gasteiger partial charge in [-0.15, -0.1) is 0 Å². The quantitative estimate of drug-likeness (QED) is 0.783. The second-order valence-corrected chi connectivity index (χ2v) is 5.71. The van der Waals surface area contributed by atoms with Gasteiger partial charge in [0.25, 0.3) is 0 Å². The van der Waals surface area contributed by atoms with E-state index in [1.54, 1.807) is 13.8 Å². The number of halogens is 3. The number of alkyl halides is 3. The Labute approximate surface area is 149 Å². The van der Waals surface area contributed by atoms with Gasteiger partial charge in [0.05, 0.1) is 23.9 Å². The smallest absolute Gasteiger partial charge is 0.416 e. The summed E-state index contributed by atoms with van der Waals surface area (Å²) < 4.78 is 49.2. The van der Waals surface area contributed by atoms with E-state index in [4.69, 9.17) is 9.47 Å². The third-order valence-electron chi connectivity index (χ3n) is 4.02. The van der Waals surface area contributed by atoms with Crippen LogP contribution in [0.4, 0.5) is 23.7 Å². The molecule has 142 valence electrons. The number of methoxy groups -OCH3 is 1. The average molecular weight is 371 g/mol. The van der Waals surface area contributed by atoms with Crippen molar-refractivity contribution in [3.8, 4) is 0 Å². The first-order chi connectivity index (χ1) is 12.2. The molecule has 1 amide bonds. The minimum atomic E-state index is -4.57.